The number of benzene rings is 3. The first kappa shape index (κ1) is 28.8. The Balaban J connectivity index is 1.70. The second-order valence-corrected chi connectivity index (χ2v) is 11.4. The van der Waals surface area contributed by atoms with Gasteiger partial charge in [-0.1, -0.05) is 49.1 Å². The van der Waals surface area contributed by atoms with Crippen LogP contribution < -0.4 is 15.4 Å². The maximum absolute atomic E-state index is 13.5. The Morgan fingerprint density at radius 3 is 2.53 bits per heavy atom. The van der Waals surface area contributed by atoms with Crippen molar-refractivity contribution in [2.24, 2.45) is 0 Å². The molecule has 3 aromatic rings. The Hall–Kier alpha value is -3.74. The van der Waals surface area contributed by atoms with Crippen molar-refractivity contribution in [3.05, 3.63) is 76.3 Å². The molecular formula is C28H30ClN3O5S. The molecule has 200 valence electrons. The molecule has 0 aliphatic carbocycles. The van der Waals surface area contributed by atoms with E-state index in [0.29, 0.717) is 29.0 Å². The van der Waals surface area contributed by atoms with Gasteiger partial charge in [0.15, 0.2) is 16.6 Å². The van der Waals surface area contributed by atoms with Gasteiger partial charge in [0.25, 0.3) is 0 Å². The van der Waals surface area contributed by atoms with Gasteiger partial charge in [-0.2, -0.15) is 5.26 Å². The largest absolute Gasteiger partial charge is 0.506 e. The second-order valence-electron chi connectivity index (χ2n) is 8.88. The molecule has 10 heteroatoms. The van der Waals surface area contributed by atoms with Crippen LogP contribution in [-0.2, 0) is 14.6 Å². The lowest BCUT2D eigenvalue weighted by Gasteiger charge is -2.19. The van der Waals surface area contributed by atoms with Crippen molar-refractivity contribution in [3.63, 3.8) is 0 Å². The molecule has 0 bridgehead atoms. The summed E-state index contributed by atoms with van der Waals surface area (Å²) in [4.78, 5) is 13.3. The zero-order chi connectivity index (χ0) is 27.9. The fourth-order valence-corrected chi connectivity index (χ4v) is 6.05. The van der Waals surface area contributed by atoms with E-state index in [1.165, 1.54) is 12.1 Å². The van der Waals surface area contributed by atoms with Gasteiger partial charge < -0.3 is 20.5 Å². The third kappa shape index (κ3) is 6.97. The quantitative estimate of drug-likeness (QED) is 0.197. The van der Waals surface area contributed by atoms with Gasteiger partial charge in [-0.25, -0.2) is 8.42 Å². The van der Waals surface area contributed by atoms with Crippen molar-refractivity contribution in [2.75, 3.05) is 17.4 Å². The Kier molecular flexibility index (Phi) is 9.61. The number of carbonyl (C=O) groups excluding carboxylic acids is 1. The number of halogens is 1. The number of nitrogens with one attached hydrogen (secondary N) is 2. The van der Waals surface area contributed by atoms with Crippen LogP contribution in [-0.4, -0.2) is 31.4 Å². The molecule has 0 heterocycles. The van der Waals surface area contributed by atoms with Gasteiger partial charge in [0.1, 0.15) is 22.8 Å². The summed E-state index contributed by atoms with van der Waals surface area (Å²) in [5.74, 6) is -0.376. The number of nitrogens with zero attached hydrogens (tertiary/aromatic N) is 1. The highest BCUT2D eigenvalue weighted by Gasteiger charge is 2.34. The van der Waals surface area contributed by atoms with Crippen LogP contribution in [0.5, 0.6) is 11.5 Å². The molecule has 0 saturated heterocycles. The van der Waals surface area contributed by atoms with E-state index in [2.05, 4.69) is 10.6 Å². The van der Waals surface area contributed by atoms with Gasteiger partial charge in [-0.3, -0.25) is 4.79 Å². The summed E-state index contributed by atoms with van der Waals surface area (Å²) in [6.07, 6.45) is 1.49. The van der Waals surface area contributed by atoms with Crippen LogP contribution in [0.25, 0.3) is 0 Å². The van der Waals surface area contributed by atoms with Gasteiger partial charge in [0, 0.05) is 17.8 Å². The predicted molar refractivity (Wildman–Crippen MR) is 148 cm³/mol. The third-order valence-corrected chi connectivity index (χ3v) is 8.53. The van der Waals surface area contributed by atoms with Gasteiger partial charge in [-0.15, -0.1) is 0 Å². The van der Waals surface area contributed by atoms with Crippen molar-refractivity contribution < 1.29 is 23.1 Å². The lowest BCUT2D eigenvalue weighted by atomic mass is 10.1. The lowest BCUT2D eigenvalue weighted by Crippen LogP contribution is -2.35. The smallest absolute Gasteiger partial charge is 0.243 e. The minimum atomic E-state index is -3.93. The molecule has 3 rings (SSSR count). The van der Waals surface area contributed by atoms with Gasteiger partial charge in [0.2, 0.25) is 5.91 Å². The van der Waals surface area contributed by atoms with Crippen molar-refractivity contribution in [2.45, 2.75) is 50.2 Å². The Morgan fingerprint density at radius 1 is 1.13 bits per heavy atom. The number of hydrogen-bond donors (Lipinski definition) is 3. The topological polar surface area (TPSA) is 129 Å². The molecular weight excluding hydrogens is 526 g/mol. The molecule has 0 spiro atoms. The number of rotatable bonds is 11. The van der Waals surface area contributed by atoms with E-state index < -0.39 is 21.0 Å². The van der Waals surface area contributed by atoms with E-state index in [1.54, 1.807) is 49.4 Å². The van der Waals surface area contributed by atoms with Crippen molar-refractivity contribution >= 4 is 38.7 Å². The molecule has 0 aromatic heterocycles. The third-order valence-electron chi connectivity index (χ3n) is 5.95. The van der Waals surface area contributed by atoms with Crippen molar-refractivity contribution in [1.82, 2.24) is 0 Å². The number of anilines is 2. The molecule has 3 N–H and O–H groups in total. The van der Waals surface area contributed by atoms with E-state index in [0.717, 1.165) is 12.0 Å². The molecule has 3 aromatic carbocycles. The fourth-order valence-electron chi connectivity index (χ4n) is 3.94. The molecule has 8 nitrogen and oxygen atoms in total. The first-order valence-electron chi connectivity index (χ1n) is 12.1. The molecule has 1 atom stereocenters. The predicted octanol–water partition coefficient (Wildman–Crippen LogP) is 5.95. The van der Waals surface area contributed by atoms with Crippen LogP contribution in [0.4, 0.5) is 11.4 Å². The highest BCUT2D eigenvalue weighted by atomic mass is 35.5. The normalized spacial score (nSPS) is 11.9. The zero-order valence-electron chi connectivity index (χ0n) is 21.4. The summed E-state index contributed by atoms with van der Waals surface area (Å²) in [7, 11) is -3.93. The molecule has 1 amide bonds. The number of aryl methyl sites for hydroxylation is 2. The number of sulfone groups is 1. The van der Waals surface area contributed by atoms with Gasteiger partial charge in [-0.05, 0) is 56.2 Å². The number of phenols is 1. The molecule has 0 aliphatic rings. The van der Waals surface area contributed by atoms with E-state index >= 15 is 0 Å². The number of ether oxygens (including phenoxy) is 1. The molecule has 0 aliphatic heterocycles. The Labute approximate surface area is 228 Å². The van der Waals surface area contributed by atoms with E-state index in [-0.39, 0.29) is 34.5 Å². The monoisotopic (exact) mass is 555 g/mol. The van der Waals surface area contributed by atoms with E-state index in [1.807, 2.05) is 19.9 Å². The average molecular weight is 556 g/mol. The minimum Gasteiger partial charge on any atom is -0.506 e. The van der Waals surface area contributed by atoms with Crippen LogP contribution in [0, 0.1) is 25.2 Å². The number of hydrogen-bond acceptors (Lipinski definition) is 7. The van der Waals surface area contributed by atoms with Crippen LogP contribution in [0.15, 0.2) is 59.5 Å². The number of amides is 1. The fraction of sp³-hybridized carbons (Fsp3) is 0.286. The lowest BCUT2D eigenvalue weighted by molar-refractivity contribution is -0.116. The van der Waals surface area contributed by atoms with Crippen LogP contribution in [0.2, 0.25) is 5.02 Å². The minimum absolute atomic E-state index is 0.00523. The Bertz CT molecular complexity index is 1470. The molecule has 0 saturated carbocycles. The van der Waals surface area contributed by atoms with Crippen LogP contribution in [0.3, 0.4) is 0 Å². The highest BCUT2D eigenvalue weighted by Crippen LogP contribution is 2.29. The van der Waals surface area contributed by atoms with Crippen LogP contribution >= 0.6 is 11.6 Å². The second kappa shape index (κ2) is 12.7. The molecule has 38 heavy (non-hydrogen) atoms. The number of carbonyl (C=O) groups is 1. The van der Waals surface area contributed by atoms with Gasteiger partial charge in [0.05, 0.1) is 21.2 Å². The number of aromatic hydroxyl groups is 1. The van der Waals surface area contributed by atoms with Crippen LogP contribution in [0.1, 0.15) is 42.9 Å². The summed E-state index contributed by atoms with van der Waals surface area (Å²) in [5, 5.41) is 24.0. The maximum atomic E-state index is 13.5. The standard InChI is InChI=1S/C28H30ClN3O5S/c1-4-5-6-27(38(35,36)26-12-7-18(2)13-19(26)3)28(34)32-21-9-11-24(25(33)14-21)31-17-37-22-10-8-20(16-30)23(29)15-22/h7-15,27,31,33H,4-6,17H2,1-3H3,(H,32,34). The molecule has 0 fully saturated rings. The molecule has 1 unspecified atom stereocenters. The van der Waals surface area contributed by atoms with Gasteiger partial charge >= 0.3 is 0 Å². The summed E-state index contributed by atoms with van der Waals surface area (Å²) in [6, 6.07) is 16.1. The summed E-state index contributed by atoms with van der Waals surface area (Å²) in [5.41, 5.74) is 2.47. The first-order chi connectivity index (χ1) is 18.1. The Morgan fingerprint density at radius 2 is 1.89 bits per heavy atom. The molecule has 0 radical (unpaired) electrons. The SMILES string of the molecule is CCCCC(C(=O)Nc1ccc(NCOc2ccc(C#N)c(Cl)c2)c(O)c1)S(=O)(=O)c1ccc(C)cc1C. The number of unbranched alkanes of at least 4 members (excludes halogenated alkanes) is 1. The number of phenolic OH excluding ortho intramolecular Hbond substituents is 1. The maximum Gasteiger partial charge on any atom is 0.243 e. The summed E-state index contributed by atoms with van der Waals surface area (Å²) in [6.45, 7) is 5.53. The van der Waals surface area contributed by atoms with E-state index in [9.17, 15) is 18.3 Å². The highest BCUT2D eigenvalue weighted by molar-refractivity contribution is 7.92. The number of nitriles is 1. The zero-order valence-corrected chi connectivity index (χ0v) is 23.0. The van der Waals surface area contributed by atoms with E-state index in [4.69, 9.17) is 21.6 Å². The summed E-state index contributed by atoms with van der Waals surface area (Å²) < 4.78 is 32.5. The summed E-state index contributed by atoms with van der Waals surface area (Å²) >= 11 is 6.00. The first-order valence-corrected chi connectivity index (χ1v) is 14.0. The average Bonchev–Trinajstić information content (AvgIpc) is 2.85. The van der Waals surface area contributed by atoms with Crippen molar-refractivity contribution in [3.8, 4) is 17.6 Å². The van der Waals surface area contributed by atoms with Crippen molar-refractivity contribution in [1.29, 1.82) is 5.26 Å².